The lowest BCUT2D eigenvalue weighted by molar-refractivity contribution is 0.419. The molecule has 2 N–H and O–H groups in total. The maximum absolute atomic E-state index is 11.6. The Morgan fingerprint density at radius 1 is 1.27 bits per heavy atom. The number of fused-ring (bicyclic) bond motifs is 1. The van der Waals surface area contributed by atoms with Gasteiger partial charge in [0.2, 0.25) is 0 Å². The van der Waals surface area contributed by atoms with E-state index in [0.29, 0.717) is 16.7 Å². The molecule has 0 aliphatic rings. The summed E-state index contributed by atoms with van der Waals surface area (Å²) in [7, 11) is 3.30. The van der Waals surface area contributed by atoms with Gasteiger partial charge in [-0.05, 0) is 6.07 Å². The highest BCUT2D eigenvalue weighted by atomic mass is 16.5. The second-order valence-electron chi connectivity index (χ2n) is 3.24. The molecule has 0 aliphatic carbocycles. The summed E-state index contributed by atoms with van der Waals surface area (Å²) < 4.78 is 5.06. The van der Waals surface area contributed by atoms with Crippen LogP contribution in [0.2, 0.25) is 0 Å². The van der Waals surface area contributed by atoms with Crippen LogP contribution in [0, 0.1) is 0 Å². The van der Waals surface area contributed by atoms with Gasteiger partial charge in [0.15, 0.2) is 0 Å². The van der Waals surface area contributed by atoms with Gasteiger partial charge in [-0.1, -0.05) is 11.5 Å². The lowest BCUT2D eigenvalue weighted by atomic mass is 9.93. The molecule has 76 valence electrons. The second kappa shape index (κ2) is 3.31. The Bertz CT molecular complexity index is 629. The van der Waals surface area contributed by atoms with Crippen molar-refractivity contribution in [1.29, 1.82) is 0 Å². The molecule has 0 bridgehead atoms. The minimum Gasteiger partial charge on any atom is -0.496 e. The van der Waals surface area contributed by atoms with Crippen LogP contribution in [-0.4, -0.2) is 24.9 Å². The van der Waals surface area contributed by atoms with E-state index in [9.17, 15) is 9.59 Å². The van der Waals surface area contributed by atoms with Gasteiger partial charge in [-0.25, -0.2) is 4.79 Å². The maximum atomic E-state index is 11.6. The van der Waals surface area contributed by atoms with Crippen LogP contribution in [0.3, 0.4) is 0 Å². The number of benzene rings is 1. The monoisotopic (exact) mass is 204 g/mol. The van der Waals surface area contributed by atoms with Crippen molar-refractivity contribution in [1.82, 2.24) is 9.97 Å². The van der Waals surface area contributed by atoms with Crippen LogP contribution in [0.5, 0.6) is 5.75 Å². The van der Waals surface area contributed by atoms with Gasteiger partial charge >= 0.3 is 5.69 Å². The second-order valence-corrected chi connectivity index (χ2v) is 3.24. The predicted octanol–water partition coefficient (Wildman–Crippen LogP) is -1.52. The molecule has 0 amide bonds. The van der Waals surface area contributed by atoms with Gasteiger partial charge in [0, 0.05) is 0 Å². The Morgan fingerprint density at radius 2 is 2.00 bits per heavy atom. The fourth-order valence-electron chi connectivity index (χ4n) is 1.55. The van der Waals surface area contributed by atoms with Gasteiger partial charge in [-0.3, -0.25) is 9.78 Å². The van der Waals surface area contributed by atoms with Crippen molar-refractivity contribution < 1.29 is 4.74 Å². The topological polar surface area (TPSA) is 75.0 Å². The van der Waals surface area contributed by atoms with E-state index in [1.54, 1.807) is 12.1 Å². The van der Waals surface area contributed by atoms with E-state index < -0.39 is 11.2 Å². The maximum Gasteiger partial charge on any atom is 0.326 e. The fraction of sp³-hybridized carbons (Fsp3) is 0.111. The summed E-state index contributed by atoms with van der Waals surface area (Å²) in [5.41, 5.74) is 0.398. The summed E-state index contributed by atoms with van der Waals surface area (Å²) in [6.07, 6.45) is 0. The molecule has 1 heterocycles. The summed E-state index contributed by atoms with van der Waals surface area (Å²) in [4.78, 5) is 27.4. The van der Waals surface area contributed by atoms with E-state index in [2.05, 4.69) is 9.97 Å². The van der Waals surface area contributed by atoms with Crippen LogP contribution in [0.15, 0.2) is 21.7 Å². The molecular formula is C9H9BN2O3. The highest BCUT2D eigenvalue weighted by molar-refractivity contribution is 6.38. The molecule has 1 aromatic carbocycles. The van der Waals surface area contributed by atoms with Crippen molar-refractivity contribution >= 4 is 24.2 Å². The van der Waals surface area contributed by atoms with Crippen LogP contribution in [-0.2, 0) is 0 Å². The van der Waals surface area contributed by atoms with E-state index in [1.807, 2.05) is 7.85 Å². The molecule has 1 aromatic heterocycles. The van der Waals surface area contributed by atoms with E-state index >= 15 is 0 Å². The van der Waals surface area contributed by atoms with Crippen LogP contribution < -0.4 is 21.4 Å². The zero-order valence-electron chi connectivity index (χ0n) is 8.38. The van der Waals surface area contributed by atoms with Crippen molar-refractivity contribution in [3.63, 3.8) is 0 Å². The zero-order chi connectivity index (χ0) is 11.0. The molecule has 15 heavy (non-hydrogen) atoms. The molecule has 2 rings (SSSR count). The van der Waals surface area contributed by atoms with Gasteiger partial charge < -0.3 is 9.72 Å². The molecule has 0 atom stereocenters. The van der Waals surface area contributed by atoms with Crippen LogP contribution in [0.4, 0.5) is 0 Å². The molecule has 0 fully saturated rings. The van der Waals surface area contributed by atoms with Gasteiger partial charge in [0.05, 0.1) is 12.6 Å². The number of aromatic amines is 2. The van der Waals surface area contributed by atoms with Gasteiger partial charge in [0.25, 0.3) is 5.56 Å². The Hall–Kier alpha value is -1.98. The van der Waals surface area contributed by atoms with Crippen molar-refractivity contribution in [2.24, 2.45) is 0 Å². The molecular weight excluding hydrogens is 195 g/mol. The average molecular weight is 204 g/mol. The number of nitrogens with one attached hydrogen (secondary N) is 2. The van der Waals surface area contributed by atoms with Gasteiger partial charge in [-0.15, -0.1) is 0 Å². The van der Waals surface area contributed by atoms with E-state index in [4.69, 9.17) is 4.74 Å². The number of hydrogen-bond donors (Lipinski definition) is 2. The summed E-state index contributed by atoms with van der Waals surface area (Å²) in [6, 6.07) is 3.49. The fourth-order valence-corrected chi connectivity index (χ4v) is 1.55. The normalized spacial score (nSPS) is 10.5. The SMILES string of the molecule is Bc1ccc(OC)c2c(=O)[nH]c(=O)[nH]c12. The number of hydrogen-bond acceptors (Lipinski definition) is 3. The quantitative estimate of drug-likeness (QED) is 0.554. The minimum absolute atomic E-state index is 0.372. The molecule has 0 unspecified atom stereocenters. The number of aromatic nitrogens is 2. The highest BCUT2D eigenvalue weighted by Crippen LogP contribution is 2.16. The third kappa shape index (κ3) is 1.43. The van der Waals surface area contributed by atoms with E-state index in [0.717, 1.165) is 5.46 Å². The van der Waals surface area contributed by atoms with E-state index in [-0.39, 0.29) is 0 Å². The summed E-state index contributed by atoms with van der Waals surface area (Å²) >= 11 is 0. The predicted molar refractivity (Wildman–Crippen MR) is 59.9 cm³/mol. The molecule has 0 saturated carbocycles. The molecule has 5 nitrogen and oxygen atoms in total. The Balaban J connectivity index is 3.07. The lowest BCUT2D eigenvalue weighted by Crippen LogP contribution is -2.25. The first-order valence-electron chi connectivity index (χ1n) is 4.43. The third-order valence-corrected chi connectivity index (χ3v) is 2.29. The smallest absolute Gasteiger partial charge is 0.326 e. The van der Waals surface area contributed by atoms with Gasteiger partial charge in [0.1, 0.15) is 19.0 Å². The molecule has 0 aliphatic heterocycles. The van der Waals surface area contributed by atoms with Crippen molar-refractivity contribution in [3.05, 3.63) is 33.0 Å². The van der Waals surface area contributed by atoms with Gasteiger partial charge in [-0.2, -0.15) is 0 Å². The molecule has 0 spiro atoms. The number of rotatable bonds is 1. The standard InChI is InChI=1S/C9H9BN2O3/c1-15-5-3-2-4(10)7-6(5)8(13)12-9(14)11-7/h2-3H,10H2,1H3,(H2,11,12,13,14). The first-order valence-corrected chi connectivity index (χ1v) is 4.43. The van der Waals surface area contributed by atoms with Crippen LogP contribution in [0.25, 0.3) is 10.9 Å². The first kappa shape index (κ1) is 9.58. The largest absolute Gasteiger partial charge is 0.496 e. The molecule has 0 radical (unpaired) electrons. The third-order valence-electron chi connectivity index (χ3n) is 2.29. The lowest BCUT2D eigenvalue weighted by Gasteiger charge is -2.05. The van der Waals surface area contributed by atoms with Crippen LogP contribution >= 0.6 is 0 Å². The number of methoxy groups -OCH3 is 1. The molecule has 2 aromatic rings. The van der Waals surface area contributed by atoms with Crippen molar-refractivity contribution in [2.45, 2.75) is 0 Å². The number of ether oxygens (including phenoxy) is 1. The Kier molecular flexibility index (Phi) is 2.11. The zero-order valence-corrected chi connectivity index (χ0v) is 8.38. The Morgan fingerprint density at radius 3 is 2.67 bits per heavy atom. The minimum atomic E-state index is -0.510. The highest BCUT2D eigenvalue weighted by Gasteiger charge is 2.08. The van der Waals surface area contributed by atoms with Crippen molar-refractivity contribution in [3.8, 4) is 5.75 Å². The van der Waals surface area contributed by atoms with E-state index in [1.165, 1.54) is 7.11 Å². The molecule has 6 heteroatoms. The average Bonchev–Trinajstić information content (AvgIpc) is 2.19. The number of H-pyrrole nitrogens is 2. The summed E-state index contributed by atoms with van der Waals surface area (Å²) in [6.45, 7) is 0. The molecule has 0 saturated heterocycles. The summed E-state index contributed by atoms with van der Waals surface area (Å²) in [5.74, 6) is 0.452. The first-order chi connectivity index (χ1) is 7.13. The summed E-state index contributed by atoms with van der Waals surface area (Å²) in [5, 5.41) is 0.372. The van der Waals surface area contributed by atoms with Crippen LogP contribution in [0.1, 0.15) is 0 Å². The Labute approximate surface area is 85.5 Å². The van der Waals surface area contributed by atoms with Crippen molar-refractivity contribution in [2.75, 3.05) is 7.11 Å².